The molecule has 36 atom stereocenters. The van der Waals surface area contributed by atoms with Crippen molar-refractivity contribution in [1.29, 1.82) is 0 Å². The van der Waals surface area contributed by atoms with Crippen molar-refractivity contribution in [1.82, 2.24) is 0 Å². The molecule has 4 saturated carbocycles. The van der Waals surface area contributed by atoms with Gasteiger partial charge in [0.05, 0.1) is 77.3 Å². The fourth-order valence-corrected chi connectivity index (χ4v) is 19.2. The van der Waals surface area contributed by atoms with Crippen molar-refractivity contribution in [3.8, 4) is 0 Å². The molecule has 19 N–H and O–H groups in total. The maximum Gasteiger partial charge on any atom is 0.317 e. The van der Waals surface area contributed by atoms with Crippen molar-refractivity contribution in [2.45, 2.75) is 277 Å². The molecule has 0 spiro atoms. The second-order valence-electron chi connectivity index (χ2n) is 31.2. The monoisotopic (exact) mass is 1430 g/mol. The Labute approximate surface area is 570 Å². The molecule has 0 aromatic carbocycles. The summed E-state index contributed by atoms with van der Waals surface area (Å²) in [5.74, 6) is -3.52. The molecule has 0 unspecified atom stereocenters. The second-order valence-corrected chi connectivity index (χ2v) is 31.2. The van der Waals surface area contributed by atoms with Gasteiger partial charge < -0.3 is 159 Å². The molecule has 5 aliphatic carbocycles. The van der Waals surface area contributed by atoms with E-state index in [1.807, 2.05) is 6.92 Å². The van der Waals surface area contributed by atoms with Crippen molar-refractivity contribution < 1.29 is 168 Å². The number of aliphatic hydroxyl groups excluding tert-OH is 18. The zero-order valence-electron chi connectivity index (χ0n) is 56.4. The summed E-state index contributed by atoms with van der Waals surface area (Å²) in [4.78, 5) is 28.4. The highest BCUT2D eigenvalue weighted by Crippen LogP contribution is 2.76. The molecule has 11 aliphatic rings. The number of allylic oxidation sites excluding steroid dienone is 2. The second kappa shape index (κ2) is 29.0. The third-order valence-electron chi connectivity index (χ3n) is 25.0. The predicted octanol–water partition coefficient (Wildman–Crippen LogP) is -6.98. The van der Waals surface area contributed by atoms with E-state index in [0.29, 0.717) is 32.1 Å². The van der Waals surface area contributed by atoms with Gasteiger partial charge in [0, 0.05) is 12.3 Å². The van der Waals surface area contributed by atoms with Crippen molar-refractivity contribution in [2.75, 3.05) is 52.9 Å². The molecule has 0 radical (unpaired) electrons. The van der Waals surface area contributed by atoms with Crippen molar-refractivity contribution >= 4 is 11.9 Å². The Morgan fingerprint density at radius 2 is 1.12 bits per heavy atom. The summed E-state index contributed by atoms with van der Waals surface area (Å²) >= 11 is 0. The van der Waals surface area contributed by atoms with Crippen LogP contribution in [0.1, 0.15) is 99.8 Å². The molecule has 0 amide bonds. The summed E-state index contributed by atoms with van der Waals surface area (Å²) in [6, 6.07) is 0. The molecule has 6 heterocycles. The topological polar surface area (TPSA) is 539 Å². The van der Waals surface area contributed by atoms with Gasteiger partial charge in [-0.2, -0.15) is 0 Å². The zero-order chi connectivity index (χ0) is 72.3. The standard InChI is InChI=1S/C65H104O34/c1-25-45(94-52-42(81)46(31(74)20-87-52)95-57-50(84)64(86,23-70)24-89-57)48(91-26(2)71)44(83)54(90-25)97-49-37(76)30(73)19-88-56(49)99-58(85)65-13-12-59(3,4)14-28(65)27-8-9-34-60(5)15-29(72)51(63(21-68,22-69)35(60)10-11-61(34,6)62(27,7)16-36(65)75)98-55-43(82)47(39(78)33(18-67)93-55)96-53-41(80)40(79)38(77)32(17-66)92-53/h8,25,28-57,66-70,72-84,86H,9-24H2,1-7H3/t25-,28-,29-,30-,31+,32+,33+,34+,35-,36+,37-,38+,39+,40-,41+,42+,43+,44+,45-,46-,47-,48-,49+,50-,51-,52-,53-,54-,55-,56-,57-,60+,61+,62+,64+,65+/m0/s1. The molecular formula is C65H104O34. The molecule has 6 saturated heterocycles. The number of hydrogen-bond acceptors (Lipinski definition) is 34. The van der Waals surface area contributed by atoms with E-state index < -0.39 is 287 Å². The lowest BCUT2D eigenvalue weighted by Crippen LogP contribution is -2.72. The van der Waals surface area contributed by atoms with Gasteiger partial charge in [0.15, 0.2) is 43.7 Å². The highest BCUT2D eigenvalue weighted by molar-refractivity contribution is 5.80. The third-order valence-corrected chi connectivity index (χ3v) is 25.0. The first-order valence-electron chi connectivity index (χ1n) is 34.3. The van der Waals surface area contributed by atoms with Gasteiger partial charge in [-0.05, 0) is 97.7 Å². The van der Waals surface area contributed by atoms with Gasteiger partial charge in [0.1, 0.15) is 109 Å². The molecule has 0 aromatic rings. The van der Waals surface area contributed by atoms with Crippen LogP contribution >= 0.6 is 0 Å². The first kappa shape index (κ1) is 77.6. The van der Waals surface area contributed by atoms with Gasteiger partial charge in [-0.25, -0.2) is 0 Å². The zero-order valence-corrected chi connectivity index (χ0v) is 56.4. The van der Waals surface area contributed by atoms with Crippen LogP contribution in [0.4, 0.5) is 0 Å². The first-order chi connectivity index (χ1) is 46.5. The van der Waals surface area contributed by atoms with Gasteiger partial charge >= 0.3 is 11.9 Å². The van der Waals surface area contributed by atoms with Crippen LogP contribution < -0.4 is 0 Å². The lowest BCUT2D eigenvalue weighted by molar-refractivity contribution is -0.377. The average molecular weight is 1430 g/mol. The first-order valence-corrected chi connectivity index (χ1v) is 34.3. The summed E-state index contributed by atoms with van der Waals surface area (Å²) < 4.78 is 76.5. The van der Waals surface area contributed by atoms with Crippen LogP contribution in [0.3, 0.4) is 0 Å². The largest absolute Gasteiger partial charge is 0.457 e. The van der Waals surface area contributed by atoms with E-state index in [2.05, 4.69) is 33.8 Å². The fraction of sp³-hybridized carbons (Fsp3) is 0.938. The molecule has 11 rings (SSSR count). The van der Waals surface area contributed by atoms with E-state index >= 15 is 4.79 Å². The maximum absolute atomic E-state index is 15.7. The Kier molecular flexibility index (Phi) is 22.7. The molecule has 34 heteroatoms. The van der Waals surface area contributed by atoms with Crippen LogP contribution in [0.15, 0.2) is 11.6 Å². The number of ether oxygens (including phenoxy) is 13. The molecule has 10 fully saturated rings. The van der Waals surface area contributed by atoms with E-state index in [1.165, 1.54) is 6.92 Å². The fourth-order valence-electron chi connectivity index (χ4n) is 19.2. The summed E-state index contributed by atoms with van der Waals surface area (Å²) in [7, 11) is 0. The number of fused-ring (bicyclic) bond motifs is 7. The van der Waals surface area contributed by atoms with Gasteiger partial charge in [-0.15, -0.1) is 0 Å². The Hall–Kier alpha value is -2.52. The van der Waals surface area contributed by atoms with Crippen LogP contribution in [-0.2, 0) is 71.2 Å². The Bertz CT molecular complexity index is 2830. The highest BCUT2D eigenvalue weighted by Gasteiger charge is 2.74. The van der Waals surface area contributed by atoms with E-state index in [0.717, 1.165) is 12.5 Å². The van der Waals surface area contributed by atoms with Crippen LogP contribution in [0.25, 0.3) is 0 Å². The van der Waals surface area contributed by atoms with E-state index in [-0.39, 0.29) is 25.2 Å². The molecule has 0 aromatic heterocycles. The molecule has 34 nitrogen and oxygen atoms in total. The molecule has 568 valence electrons. The van der Waals surface area contributed by atoms with E-state index in [1.54, 1.807) is 0 Å². The number of rotatable bonds is 18. The smallest absolute Gasteiger partial charge is 0.317 e. The Balaban J connectivity index is 0.818. The minimum atomic E-state index is -2.11. The minimum Gasteiger partial charge on any atom is -0.457 e. The number of carbonyl (C=O) groups is 2. The van der Waals surface area contributed by atoms with Crippen molar-refractivity contribution in [3.05, 3.63) is 11.6 Å². The number of hydrogen-bond donors (Lipinski definition) is 19. The van der Waals surface area contributed by atoms with Crippen LogP contribution in [0, 0.1) is 50.2 Å². The number of aliphatic hydroxyl groups is 19. The predicted molar refractivity (Wildman–Crippen MR) is 324 cm³/mol. The molecule has 99 heavy (non-hydrogen) atoms. The average Bonchev–Trinajstić information content (AvgIpc) is 0.965. The third kappa shape index (κ3) is 13.1. The van der Waals surface area contributed by atoms with E-state index in [4.69, 9.17) is 61.6 Å². The molecular weight excluding hydrogens is 1320 g/mol. The summed E-state index contributed by atoms with van der Waals surface area (Å²) in [5, 5.41) is 212. The van der Waals surface area contributed by atoms with Crippen LogP contribution in [-0.4, -0.2) is 339 Å². The lowest BCUT2D eigenvalue weighted by atomic mass is 9.33. The highest BCUT2D eigenvalue weighted by atomic mass is 16.8. The van der Waals surface area contributed by atoms with Gasteiger partial charge in [-0.3, -0.25) is 9.59 Å². The summed E-state index contributed by atoms with van der Waals surface area (Å²) in [5.41, 5.74) is -7.53. The number of esters is 2. The van der Waals surface area contributed by atoms with E-state index in [9.17, 15) is 102 Å². The summed E-state index contributed by atoms with van der Waals surface area (Å²) in [6.07, 6.45) is -44.0. The molecule has 0 bridgehead atoms. The lowest BCUT2D eigenvalue weighted by Gasteiger charge is -2.72. The quantitative estimate of drug-likeness (QED) is 0.0344. The van der Waals surface area contributed by atoms with Crippen LogP contribution in [0.5, 0.6) is 0 Å². The SMILES string of the molecule is CC(=O)O[C@H]1[C@@H](O)[C@H](O[C@H]2[C@H](OC(=O)[C@]34CCC(C)(C)C[C@H]3C3=CC[C@@H]5[C@@]6(C)C[C@H](O)[C@H](O[C@@H]7O[C@H](CO)[C@@H](O)[C@H](O[C@@H]8O[C@H](CO)[C@@H](O)[C@H](O)[C@H]8O)[C@H]7O)C(CO)(CO)[C@H]6CC[C@@]5(C)[C@]3(C)C[C@H]4O)OC[C@H](O)[C@@H]2O)O[C@@H](C)[C@@H]1O[C@@H]1OC[C@@H](O)[C@H](O[C@@H]2OC[C@](O)(CO)[C@H]2O)[C@H]1O. The molecule has 6 aliphatic heterocycles. The van der Waals surface area contributed by atoms with Gasteiger partial charge in [0.25, 0.3) is 0 Å². The Morgan fingerprint density at radius 3 is 1.76 bits per heavy atom. The van der Waals surface area contributed by atoms with Crippen molar-refractivity contribution in [2.24, 2.45) is 50.2 Å². The van der Waals surface area contributed by atoms with Gasteiger partial charge in [-0.1, -0.05) is 46.3 Å². The number of carbonyl (C=O) groups excluding carboxylic acids is 2. The normalized spacial score (nSPS) is 52.7. The minimum absolute atomic E-state index is 0.00279. The van der Waals surface area contributed by atoms with Crippen molar-refractivity contribution in [3.63, 3.8) is 0 Å². The van der Waals surface area contributed by atoms with Crippen LogP contribution in [0.2, 0.25) is 0 Å². The maximum atomic E-state index is 15.7. The summed E-state index contributed by atoms with van der Waals surface area (Å²) in [6.45, 7) is 6.95. The Morgan fingerprint density at radius 1 is 0.535 bits per heavy atom. The van der Waals surface area contributed by atoms with Gasteiger partial charge in [0.2, 0.25) is 6.29 Å².